The lowest BCUT2D eigenvalue weighted by atomic mass is 11.0. The van der Waals surface area contributed by atoms with Crippen LogP contribution in [0.25, 0.3) is 0 Å². The van der Waals surface area contributed by atoms with Crippen LogP contribution in [0.1, 0.15) is 13.8 Å². The summed E-state index contributed by atoms with van der Waals surface area (Å²) in [7, 11) is 1.83. The molecule has 0 aliphatic heterocycles. The van der Waals surface area contributed by atoms with Crippen molar-refractivity contribution in [1.29, 1.82) is 0 Å². The fraction of sp³-hybridized carbons (Fsp3) is 0.600. The molecule has 3 nitrogen and oxygen atoms in total. The number of rotatable bonds is 0. The summed E-state index contributed by atoms with van der Waals surface area (Å²) in [6.45, 7) is 4.00. The smallest absolute Gasteiger partial charge is 0.137 e. The van der Waals surface area contributed by atoms with Crippen LogP contribution in [0.5, 0.6) is 0 Å². The number of hydrogen-bond acceptors (Lipinski definition) is 2. The van der Waals surface area contributed by atoms with Gasteiger partial charge in [-0.1, -0.05) is 13.8 Å². The zero-order chi connectivity index (χ0) is 6.41. The van der Waals surface area contributed by atoms with Gasteiger partial charge in [-0.15, -0.1) is 0 Å². The van der Waals surface area contributed by atoms with E-state index in [2.05, 4.69) is 10.1 Å². The van der Waals surface area contributed by atoms with Gasteiger partial charge in [-0.3, -0.25) is 4.68 Å². The van der Waals surface area contributed by atoms with Gasteiger partial charge < -0.3 is 0 Å². The molecule has 1 aromatic rings. The topological polar surface area (TPSA) is 30.7 Å². The van der Waals surface area contributed by atoms with Crippen molar-refractivity contribution in [2.24, 2.45) is 7.05 Å². The van der Waals surface area contributed by atoms with E-state index in [1.165, 1.54) is 6.33 Å². The third-order valence-corrected chi connectivity index (χ3v) is 0.534. The molecule has 1 rings (SSSR count). The first-order chi connectivity index (χ1) is 3.89. The monoisotopic (exact) mass is 113 g/mol. The van der Waals surface area contributed by atoms with E-state index >= 15 is 0 Å². The molecular weight excluding hydrogens is 102 g/mol. The van der Waals surface area contributed by atoms with Crippen molar-refractivity contribution < 1.29 is 0 Å². The second-order valence-electron chi connectivity index (χ2n) is 1.07. The van der Waals surface area contributed by atoms with E-state index in [4.69, 9.17) is 0 Å². The third-order valence-electron chi connectivity index (χ3n) is 0.534. The molecule has 0 radical (unpaired) electrons. The van der Waals surface area contributed by atoms with Crippen molar-refractivity contribution in [1.82, 2.24) is 14.8 Å². The van der Waals surface area contributed by atoms with Crippen LogP contribution in [0.4, 0.5) is 0 Å². The van der Waals surface area contributed by atoms with Crippen molar-refractivity contribution in [2.75, 3.05) is 0 Å². The molecule has 46 valence electrons. The minimum Gasteiger partial charge on any atom is -0.256 e. The van der Waals surface area contributed by atoms with E-state index < -0.39 is 0 Å². The Morgan fingerprint density at radius 2 is 2.00 bits per heavy atom. The van der Waals surface area contributed by atoms with Crippen molar-refractivity contribution in [2.45, 2.75) is 13.8 Å². The van der Waals surface area contributed by atoms with Gasteiger partial charge in [-0.2, -0.15) is 5.10 Å². The normalized spacial score (nSPS) is 7.38. The lowest BCUT2D eigenvalue weighted by molar-refractivity contribution is 0.765. The first-order valence-electron chi connectivity index (χ1n) is 2.68. The van der Waals surface area contributed by atoms with E-state index in [9.17, 15) is 0 Å². The molecule has 0 bridgehead atoms. The van der Waals surface area contributed by atoms with Gasteiger partial charge in [0, 0.05) is 7.05 Å². The van der Waals surface area contributed by atoms with Crippen molar-refractivity contribution >= 4 is 0 Å². The fourth-order valence-corrected chi connectivity index (χ4v) is 0.267. The molecule has 8 heavy (non-hydrogen) atoms. The van der Waals surface area contributed by atoms with Crippen molar-refractivity contribution in [3.63, 3.8) is 0 Å². The molecule has 1 heterocycles. The highest BCUT2D eigenvalue weighted by atomic mass is 15.3. The van der Waals surface area contributed by atoms with Crippen molar-refractivity contribution in [3.8, 4) is 0 Å². The number of nitrogens with zero attached hydrogens (tertiary/aromatic N) is 3. The van der Waals surface area contributed by atoms with E-state index in [-0.39, 0.29) is 0 Å². The molecule has 0 spiro atoms. The molecule has 0 amide bonds. The van der Waals surface area contributed by atoms with Crippen LogP contribution in [-0.2, 0) is 7.05 Å². The van der Waals surface area contributed by atoms with Gasteiger partial charge in [0.15, 0.2) is 0 Å². The predicted octanol–water partition coefficient (Wildman–Crippen LogP) is 0.841. The highest BCUT2D eigenvalue weighted by molar-refractivity contribution is 4.49. The summed E-state index contributed by atoms with van der Waals surface area (Å²) in [5.41, 5.74) is 0. The second kappa shape index (κ2) is 4.30. The largest absolute Gasteiger partial charge is 0.256 e. The zero-order valence-electron chi connectivity index (χ0n) is 5.50. The molecule has 0 unspecified atom stereocenters. The highest BCUT2D eigenvalue weighted by Crippen LogP contribution is 1.64. The van der Waals surface area contributed by atoms with Gasteiger partial charge >= 0.3 is 0 Å². The quantitative estimate of drug-likeness (QED) is 0.499. The Hall–Kier alpha value is -0.860. The summed E-state index contributed by atoms with van der Waals surface area (Å²) in [5, 5.41) is 3.72. The van der Waals surface area contributed by atoms with E-state index in [1.807, 2.05) is 20.9 Å². The molecule has 0 atom stereocenters. The summed E-state index contributed by atoms with van der Waals surface area (Å²) in [4.78, 5) is 3.67. The first-order valence-corrected chi connectivity index (χ1v) is 2.68. The first kappa shape index (κ1) is 7.14. The van der Waals surface area contributed by atoms with Crippen LogP contribution in [0.3, 0.4) is 0 Å². The SMILES string of the molecule is CC.Cn1cncn1. The fourth-order valence-electron chi connectivity index (χ4n) is 0.267. The van der Waals surface area contributed by atoms with E-state index in [0.717, 1.165) is 0 Å². The van der Waals surface area contributed by atoms with Crippen LogP contribution >= 0.6 is 0 Å². The Kier molecular flexibility index (Phi) is 3.84. The maximum Gasteiger partial charge on any atom is 0.137 e. The van der Waals surface area contributed by atoms with Crippen molar-refractivity contribution in [3.05, 3.63) is 12.7 Å². The Morgan fingerprint density at radius 1 is 1.38 bits per heavy atom. The molecule has 0 saturated heterocycles. The van der Waals surface area contributed by atoms with E-state index in [1.54, 1.807) is 11.0 Å². The van der Waals surface area contributed by atoms with Gasteiger partial charge in [0.2, 0.25) is 0 Å². The summed E-state index contributed by atoms with van der Waals surface area (Å²) in [5.74, 6) is 0. The number of aryl methyl sites for hydroxylation is 1. The maximum absolute atomic E-state index is 3.72. The van der Waals surface area contributed by atoms with Gasteiger partial charge in [0.25, 0.3) is 0 Å². The van der Waals surface area contributed by atoms with Crippen LogP contribution in [0.2, 0.25) is 0 Å². The molecule has 0 aliphatic rings. The molecule has 0 N–H and O–H groups in total. The minimum atomic E-state index is 1.50. The standard InChI is InChI=1S/C3H5N3.C2H6/c1-6-3-4-2-5-6;1-2/h2-3H,1H3;1-2H3. The Bertz CT molecular complexity index is 111. The third kappa shape index (κ3) is 2.34. The molecule has 1 aromatic heterocycles. The average Bonchev–Trinajstić information content (AvgIpc) is 2.24. The van der Waals surface area contributed by atoms with Gasteiger partial charge in [0.1, 0.15) is 12.7 Å². The lowest BCUT2D eigenvalue weighted by Gasteiger charge is -1.74. The summed E-state index contributed by atoms with van der Waals surface area (Å²) in [6, 6.07) is 0. The Labute approximate surface area is 49.4 Å². The average molecular weight is 113 g/mol. The Morgan fingerprint density at radius 3 is 2.12 bits per heavy atom. The maximum atomic E-state index is 3.72. The molecule has 0 saturated carbocycles. The molecule has 0 aliphatic carbocycles. The number of hydrogen-bond donors (Lipinski definition) is 0. The molecule has 0 fully saturated rings. The highest BCUT2D eigenvalue weighted by Gasteiger charge is 1.70. The molecule has 3 heteroatoms. The zero-order valence-corrected chi connectivity index (χ0v) is 5.50. The predicted molar refractivity (Wildman–Crippen MR) is 32.4 cm³/mol. The summed E-state index contributed by atoms with van der Waals surface area (Å²) < 4.78 is 1.64. The van der Waals surface area contributed by atoms with E-state index in [0.29, 0.717) is 0 Å². The van der Waals surface area contributed by atoms with Crippen LogP contribution in [0, 0.1) is 0 Å². The van der Waals surface area contributed by atoms with Crippen LogP contribution in [-0.4, -0.2) is 14.8 Å². The number of aromatic nitrogens is 3. The van der Waals surface area contributed by atoms with Gasteiger partial charge in [-0.25, -0.2) is 4.98 Å². The van der Waals surface area contributed by atoms with Gasteiger partial charge in [0.05, 0.1) is 0 Å². The minimum absolute atomic E-state index is 1.50. The molecular formula is C5H11N3. The lowest BCUT2D eigenvalue weighted by Crippen LogP contribution is -1.83. The van der Waals surface area contributed by atoms with Crippen LogP contribution in [0.15, 0.2) is 12.7 Å². The van der Waals surface area contributed by atoms with Crippen LogP contribution < -0.4 is 0 Å². The Balaban J connectivity index is 0.000000222. The van der Waals surface area contributed by atoms with Gasteiger partial charge in [-0.05, 0) is 0 Å². The molecule has 0 aromatic carbocycles. The summed E-state index contributed by atoms with van der Waals surface area (Å²) >= 11 is 0. The summed E-state index contributed by atoms with van der Waals surface area (Å²) in [6.07, 6.45) is 3.14. The second-order valence-corrected chi connectivity index (χ2v) is 1.07.